The number of Topliss-reactive ketones (excluding diaryl/α,β-unsaturated/α-hetero) is 1. The number of thiophene rings is 1. The first-order chi connectivity index (χ1) is 17.4. The molecule has 0 bridgehead atoms. The molecule has 4 rings (SSSR count). The van der Waals surface area contributed by atoms with E-state index < -0.39 is 24.4 Å². The average molecular weight is 528 g/mol. The Morgan fingerprint density at radius 1 is 1.16 bits per heavy atom. The van der Waals surface area contributed by atoms with Crippen LogP contribution in [0.1, 0.15) is 81.4 Å². The molecule has 2 aliphatic rings. The van der Waals surface area contributed by atoms with Crippen molar-refractivity contribution < 1.29 is 29.3 Å². The number of nitrogens with one attached hydrogen (secondary N) is 1. The maximum atomic E-state index is 13.2. The molecular weight excluding hydrogens is 490 g/mol. The van der Waals surface area contributed by atoms with Gasteiger partial charge in [0.15, 0.2) is 5.78 Å². The number of aryl methyl sites for hydroxylation is 4. The van der Waals surface area contributed by atoms with Crippen molar-refractivity contribution in [3.8, 4) is 5.75 Å². The molecule has 37 heavy (non-hydrogen) atoms. The number of hydrogen-bond acceptors (Lipinski definition) is 6. The first kappa shape index (κ1) is 27.3. The maximum Gasteiger partial charge on any atom is 0.321 e. The fourth-order valence-corrected chi connectivity index (χ4v) is 7.28. The second kappa shape index (κ2) is 10.6. The molecule has 7 nitrogen and oxygen atoms in total. The van der Waals surface area contributed by atoms with Crippen molar-refractivity contribution in [1.29, 1.82) is 0 Å². The Balaban J connectivity index is 1.28. The number of rotatable bonds is 13. The van der Waals surface area contributed by atoms with Crippen molar-refractivity contribution in [2.45, 2.75) is 78.7 Å². The number of ketones is 1. The third-order valence-corrected chi connectivity index (χ3v) is 9.27. The minimum Gasteiger partial charge on any atom is -0.493 e. The number of hydrogen-bond donors (Lipinski definition) is 3. The lowest BCUT2D eigenvalue weighted by Crippen LogP contribution is -2.39. The lowest BCUT2D eigenvalue weighted by Gasteiger charge is -2.15. The van der Waals surface area contributed by atoms with Crippen molar-refractivity contribution in [1.82, 2.24) is 5.32 Å². The van der Waals surface area contributed by atoms with Gasteiger partial charge < -0.3 is 20.3 Å². The minimum atomic E-state index is -1.18. The quantitative estimate of drug-likeness (QED) is 0.246. The molecular formula is C29H37NO6S. The highest BCUT2D eigenvalue weighted by atomic mass is 32.1. The fourth-order valence-electron chi connectivity index (χ4n) is 6.08. The van der Waals surface area contributed by atoms with Gasteiger partial charge in [-0.25, -0.2) is 0 Å². The van der Waals surface area contributed by atoms with E-state index in [1.165, 1.54) is 16.0 Å². The van der Waals surface area contributed by atoms with Gasteiger partial charge in [0.05, 0.1) is 17.9 Å². The normalized spacial score (nSPS) is 19.7. The van der Waals surface area contributed by atoms with Gasteiger partial charge in [0.2, 0.25) is 0 Å². The summed E-state index contributed by atoms with van der Waals surface area (Å²) >= 11 is 1.68. The molecule has 2 aromatic rings. The highest BCUT2D eigenvalue weighted by molar-refractivity contribution is 7.14. The number of fused-ring (bicyclic) bond motifs is 3. The molecule has 2 aliphatic carbocycles. The molecule has 1 saturated carbocycles. The van der Waals surface area contributed by atoms with Crippen molar-refractivity contribution in [3.05, 3.63) is 49.7 Å². The summed E-state index contributed by atoms with van der Waals surface area (Å²) in [5.41, 5.74) is 6.29. The number of carbonyl (C=O) groups is 3. The summed E-state index contributed by atoms with van der Waals surface area (Å²) in [6.45, 7) is 11.6. The van der Waals surface area contributed by atoms with Gasteiger partial charge in [0.25, 0.3) is 0 Å². The van der Waals surface area contributed by atoms with Gasteiger partial charge in [0.1, 0.15) is 11.8 Å². The molecule has 0 aliphatic heterocycles. The standard InChI is InChI=1S/C29H37NO6S/c1-15-11-18(12-16(2)26(15)36-10-6-9-30-21(28(34)35)14-23(32)33)7-8-22(31)27-19-13-20-25(29(20,4)5)24(19)17(3)37-27/h11-12,20-21,25,30H,6-10,13-14H2,1-5H3,(H,32,33)(H,34,35)/t20-,21?,25-/m1/s1. The molecule has 1 aromatic carbocycles. The number of benzene rings is 1. The van der Waals surface area contributed by atoms with Crippen LogP contribution in [0.25, 0.3) is 0 Å². The monoisotopic (exact) mass is 527 g/mol. The molecule has 0 radical (unpaired) electrons. The third kappa shape index (κ3) is 5.60. The van der Waals surface area contributed by atoms with Crippen molar-refractivity contribution in [2.75, 3.05) is 13.2 Å². The summed E-state index contributed by atoms with van der Waals surface area (Å²) in [5, 5.41) is 20.7. The van der Waals surface area contributed by atoms with E-state index in [4.69, 9.17) is 14.9 Å². The van der Waals surface area contributed by atoms with Gasteiger partial charge in [-0.1, -0.05) is 26.0 Å². The summed E-state index contributed by atoms with van der Waals surface area (Å²) in [6.07, 6.45) is 2.31. The second-order valence-corrected chi connectivity index (χ2v) is 12.3. The van der Waals surface area contributed by atoms with Crippen LogP contribution in [0.2, 0.25) is 0 Å². The molecule has 1 aromatic heterocycles. The number of carbonyl (C=O) groups excluding carboxylic acids is 1. The van der Waals surface area contributed by atoms with Crippen LogP contribution >= 0.6 is 11.3 Å². The first-order valence-electron chi connectivity index (χ1n) is 13.0. The SMILES string of the molecule is Cc1cc(CCC(=O)c2sc(C)c3c2C[C@@H]2[C@H]3C2(C)C)cc(C)c1OCCCNC(CC(=O)O)C(=O)O. The summed E-state index contributed by atoms with van der Waals surface area (Å²) < 4.78 is 5.96. The van der Waals surface area contributed by atoms with Gasteiger partial charge in [-0.15, -0.1) is 11.3 Å². The molecule has 1 heterocycles. The zero-order chi connectivity index (χ0) is 27.1. The Morgan fingerprint density at radius 3 is 2.46 bits per heavy atom. The van der Waals surface area contributed by atoms with E-state index in [1.54, 1.807) is 11.3 Å². The molecule has 3 atom stereocenters. The van der Waals surface area contributed by atoms with Gasteiger partial charge in [0, 0.05) is 11.3 Å². The average Bonchev–Trinajstić information content (AvgIpc) is 3.11. The molecule has 1 unspecified atom stereocenters. The van der Waals surface area contributed by atoms with E-state index in [0.29, 0.717) is 49.7 Å². The van der Waals surface area contributed by atoms with E-state index in [2.05, 4.69) is 38.2 Å². The lowest BCUT2D eigenvalue weighted by molar-refractivity contribution is -0.145. The summed E-state index contributed by atoms with van der Waals surface area (Å²) in [4.78, 5) is 37.4. The largest absolute Gasteiger partial charge is 0.493 e. The minimum absolute atomic E-state index is 0.249. The maximum absolute atomic E-state index is 13.2. The van der Waals surface area contributed by atoms with Gasteiger partial charge in [-0.05, 0) is 91.6 Å². The van der Waals surface area contributed by atoms with Crippen LogP contribution in [-0.4, -0.2) is 47.1 Å². The highest BCUT2D eigenvalue weighted by Gasteiger charge is 2.63. The molecule has 3 N–H and O–H groups in total. The molecule has 0 spiro atoms. The van der Waals surface area contributed by atoms with Crippen LogP contribution in [0.5, 0.6) is 5.75 Å². The van der Waals surface area contributed by atoms with Crippen molar-refractivity contribution >= 4 is 29.1 Å². The van der Waals surface area contributed by atoms with Crippen LogP contribution in [0.3, 0.4) is 0 Å². The van der Waals surface area contributed by atoms with Gasteiger partial charge in [-0.2, -0.15) is 0 Å². The van der Waals surface area contributed by atoms with Crippen LogP contribution in [-0.2, 0) is 22.4 Å². The van der Waals surface area contributed by atoms with E-state index >= 15 is 0 Å². The Hall–Kier alpha value is -2.71. The van der Waals surface area contributed by atoms with Crippen LogP contribution in [0.15, 0.2) is 12.1 Å². The summed E-state index contributed by atoms with van der Waals surface area (Å²) in [6, 6.07) is 3.03. The van der Waals surface area contributed by atoms with Crippen LogP contribution < -0.4 is 10.1 Å². The molecule has 0 amide bonds. The van der Waals surface area contributed by atoms with E-state index in [9.17, 15) is 14.4 Å². The van der Waals surface area contributed by atoms with Crippen LogP contribution in [0.4, 0.5) is 0 Å². The van der Waals surface area contributed by atoms with Crippen LogP contribution in [0, 0.1) is 32.1 Å². The summed E-state index contributed by atoms with van der Waals surface area (Å²) in [5.74, 6) is 0.0517. The van der Waals surface area contributed by atoms with E-state index in [1.807, 2.05) is 13.8 Å². The van der Waals surface area contributed by atoms with Crippen molar-refractivity contribution in [3.63, 3.8) is 0 Å². The lowest BCUT2D eigenvalue weighted by atomic mass is 9.93. The first-order valence-corrected chi connectivity index (χ1v) is 13.8. The molecule has 1 fully saturated rings. The number of ether oxygens (including phenoxy) is 1. The Morgan fingerprint density at radius 2 is 1.84 bits per heavy atom. The zero-order valence-corrected chi connectivity index (χ0v) is 23.1. The fraction of sp³-hybridized carbons (Fsp3) is 0.552. The Labute approximate surface area is 222 Å². The highest BCUT2D eigenvalue weighted by Crippen LogP contribution is 2.71. The predicted molar refractivity (Wildman–Crippen MR) is 143 cm³/mol. The topological polar surface area (TPSA) is 113 Å². The molecule has 8 heteroatoms. The second-order valence-electron chi connectivity index (χ2n) is 11.1. The Bertz CT molecular complexity index is 1210. The van der Waals surface area contributed by atoms with E-state index in [0.717, 1.165) is 33.7 Å². The number of carboxylic acid groups (broad SMARTS) is 2. The number of aliphatic carboxylic acids is 2. The smallest absolute Gasteiger partial charge is 0.321 e. The predicted octanol–water partition coefficient (Wildman–Crippen LogP) is 5.07. The van der Waals surface area contributed by atoms with E-state index in [-0.39, 0.29) is 5.78 Å². The van der Waals surface area contributed by atoms with Gasteiger partial charge in [-0.3, -0.25) is 14.4 Å². The zero-order valence-electron chi connectivity index (χ0n) is 22.3. The van der Waals surface area contributed by atoms with Gasteiger partial charge >= 0.3 is 11.9 Å². The Kier molecular flexibility index (Phi) is 7.81. The van der Waals surface area contributed by atoms with Crippen molar-refractivity contribution in [2.24, 2.45) is 11.3 Å². The third-order valence-electron chi connectivity index (χ3n) is 8.07. The number of carboxylic acids is 2. The molecule has 200 valence electrons. The summed E-state index contributed by atoms with van der Waals surface area (Å²) in [7, 11) is 0. The molecule has 0 saturated heterocycles.